The van der Waals surface area contributed by atoms with Gasteiger partial charge in [0.05, 0.1) is 50.3 Å². The number of rotatable bonds is 9. The first kappa shape index (κ1) is 32.7. The van der Waals surface area contributed by atoms with Gasteiger partial charge in [-0.05, 0) is 73.1 Å². The zero-order chi connectivity index (χ0) is 34.3. The number of amides is 2. The van der Waals surface area contributed by atoms with Gasteiger partial charge in [-0.2, -0.15) is 13.8 Å². The molecule has 2 saturated heterocycles. The number of benzene rings is 1. The number of nitrogens with one attached hydrogen (secondary N) is 3. The van der Waals surface area contributed by atoms with E-state index in [4.69, 9.17) is 14.2 Å². The molecule has 49 heavy (non-hydrogen) atoms. The molecule has 3 aromatic rings. The van der Waals surface area contributed by atoms with Crippen LogP contribution in [0.1, 0.15) is 36.8 Å². The summed E-state index contributed by atoms with van der Waals surface area (Å²) in [4.78, 5) is 38.1. The maximum absolute atomic E-state index is 15.4. The van der Waals surface area contributed by atoms with Crippen LogP contribution in [0.2, 0.25) is 0 Å². The molecule has 1 aromatic carbocycles. The van der Waals surface area contributed by atoms with E-state index in [0.717, 1.165) is 61.8 Å². The number of methoxy groups -OCH3 is 2. The topological polar surface area (TPSA) is 130 Å². The zero-order valence-electron chi connectivity index (χ0n) is 27.5. The molecule has 4 aliphatic rings. The van der Waals surface area contributed by atoms with E-state index in [9.17, 15) is 9.59 Å². The van der Waals surface area contributed by atoms with Crippen LogP contribution in [0.15, 0.2) is 43.1 Å². The van der Waals surface area contributed by atoms with Crippen molar-refractivity contribution in [1.82, 2.24) is 15.3 Å². The quantitative estimate of drug-likeness (QED) is 0.280. The molecule has 1 aliphatic carbocycles. The molecular weight excluding hydrogens is 636 g/mol. The molecule has 1 atom stereocenters. The first-order valence-corrected chi connectivity index (χ1v) is 16.5. The number of morpholine rings is 1. The molecule has 2 aromatic heterocycles. The van der Waals surface area contributed by atoms with Crippen molar-refractivity contribution in [3.63, 3.8) is 0 Å². The summed E-state index contributed by atoms with van der Waals surface area (Å²) in [6, 6.07) is 7.64. The number of fused-ring (bicyclic) bond motifs is 2. The maximum atomic E-state index is 15.4. The number of hydrogen-bond acceptors (Lipinski definition) is 10. The Labute approximate surface area is 282 Å². The second-order valence-corrected chi connectivity index (χ2v) is 12.8. The molecule has 0 bridgehead atoms. The summed E-state index contributed by atoms with van der Waals surface area (Å²) in [6.07, 6.45) is 6.11. The van der Waals surface area contributed by atoms with Crippen molar-refractivity contribution in [2.24, 2.45) is 5.92 Å². The highest BCUT2D eigenvalue weighted by Gasteiger charge is 2.57. The predicted molar refractivity (Wildman–Crippen MR) is 180 cm³/mol. The summed E-state index contributed by atoms with van der Waals surface area (Å²) in [5.41, 5.74) is 2.02. The van der Waals surface area contributed by atoms with Crippen LogP contribution in [0.3, 0.4) is 0 Å². The van der Waals surface area contributed by atoms with E-state index in [1.807, 2.05) is 18.2 Å². The number of nitrogens with zero attached hydrogens (tertiary/aromatic N) is 4. The van der Waals surface area contributed by atoms with Crippen LogP contribution in [-0.2, 0) is 26.3 Å². The van der Waals surface area contributed by atoms with E-state index in [1.54, 1.807) is 12.3 Å². The van der Waals surface area contributed by atoms with E-state index in [-0.39, 0.29) is 18.6 Å². The number of aromatic nitrogens is 2. The van der Waals surface area contributed by atoms with Crippen molar-refractivity contribution < 1.29 is 32.6 Å². The fourth-order valence-corrected chi connectivity index (χ4v) is 7.21. The fourth-order valence-electron chi connectivity index (χ4n) is 7.21. The summed E-state index contributed by atoms with van der Waals surface area (Å²) >= 11 is 0. The normalized spacial score (nSPS) is 20.1. The van der Waals surface area contributed by atoms with Crippen molar-refractivity contribution in [2.45, 2.75) is 43.7 Å². The molecule has 1 spiro atoms. The molecule has 1 saturated carbocycles. The van der Waals surface area contributed by atoms with Gasteiger partial charge in [0, 0.05) is 38.1 Å². The minimum atomic E-state index is -1.09. The third kappa shape index (κ3) is 6.03. The minimum Gasteiger partial charge on any atom is -0.479 e. The van der Waals surface area contributed by atoms with Gasteiger partial charge in [0.25, 0.3) is 11.8 Å². The molecule has 3 fully saturated rings. The van der Waals surface area contributed by atoms with Crippen LogP contribution in [0.4, 0.5) is 37.3 Å². The molecule has 5 heterocycles. The first-order valence-electron chi connectivity index (χ1n) is 16.5. The summed E-state index contributed by atoms with van der Waals surface area (Å²) in [5.74, 6) is -2.95. The van der Waals surface area contributed by atoms with Crippen molar-refractivity contribution in [1.29, 1.82) is 0 Å². The number of halogens is 2. The van der Waals surface area contributed by atoms with Crippen LogP contribution >= 0.6 is 0 Å². The number of carbonyl (C=O) groups excluding carboxylic acids is 2. The van der Waals surface area contributed by atoms with Crippen molar-refractivity contribution in [2.75, 3.05) is 67.4 Å². The maximum Gasteiger partial charge on any atom is 0.255 e. The molecule has 258 valence electrons. The number of hydrogen-bond donors (Lipinski definition) is 3. The Hall–Kier alpha value is -4.82. The highest BCUT2D eigenvalue weighted by molar-refractivity contribution is 6.06. The third-order valence-corrected chi connectivity index (χ3v) is 9.98. The predicted octanol–water partition coefficient (Wildman–Crippen LogP) is 4.42. The Morgan fingerprint density at radius 3 is 2.49 bits per heavy atom. The van der Waals surface area contributed by atoms with Crippen molar-refractivity contribution in [3.05, 3.63) is 65.9 Å². The lowest BCUT2D eigenvalue weighted by Gasteiger charge is -2.38. The van der Waals surface area contributed by atoms with Crippen LogP contribution in [0.25, 0.3) is 0 Å². The number of pyridine rings is 2. The largest absolute Gasteiger partial charge is 0.479 e. The summed E-state index contributed by atoms with van der Waals surface area (Å²) in [6.45, 7) is 7.77. The van der Waals surface area contributed by atoms with Crippen molar-refractivity contribution >= 4 is 40.4 Å². The van der Waals surface area contributed by atoms with Crippen LogP contribution in [-0.4, -0.2) is 74.9 Å². The highest BCUT2D eigenvalue weighted by atomic mass is 19.1. The lowest BCUT2D eigenvalue weighted by atomic mass is 9.86. The van der Waals surface area contributed by atoms with Gasteiger partial charge in [-0.1, -0.05) is 6.58 Å². The Balaban J connectivity index is 1.14. The Morgan fingerprint density at radius 1 is 1.12 bits per heavy atom. The number of ether oxygens (including phenoxy) is 3. The van der Waals surface area contributed by atoms with Crippen LogP contribution < -0.4 is 35.2 Å². The number of anilines is 5. The monoisotopic (exact) mass is 675 g/mol. The smallest absolute Gasteiger partial charge is 0.255 e. The van der Waals surface area contributed by atoms with Crippen LogP contribution in [0, 0.1) is 17.6 Å². The van der Waals surface area contributed by atoms with E-state index in [2.05, 4.69) is 37.4 Å². The second-order valence-electron chi connectivity index (χ2n) is 12.8. The van der Waals surface area contributed by atoms with E-state index in [1.165, 1.54) is 20.3 Å². The van der Waals surface area contributed by atoms with Gasteiger partial charge in [0.2, 0.25) is 23.4 Å². The molecule has 3 aliphatic heterocycles. The highest BCUT2D eigenvalue weighted by Crippen LogP contribution is 2.55. The molecule has 0 radical (unpaired) electrons. The Kier molecular flexibility index (Phi) is 8.84. The van der Waals surface area contributed by atoms with Gasteiger partial charge in [0.15, 0.2) is 0 Å². The molecule has 2 amide bonds. The standard InChI is InChI=1S/C35H39F2N7O5/c1-4-28(45)41-25-15-22(43-12-7-20(8-13-43)26-18-38-11-14-49-26)5-6-24(25)40-27-16-23-21(17-39-27)19-44(34(46)35(23)9-10-35)31-29(36)32(47-2)42-33(48-3)30(31)37/h4-6,15-17,20,26,38H,1,7-14,18-19H2,2-3H3,(H,39,40)(H,41,45). The lowest BCUT2D eigenvalue weighted by molar-refractivity contribution is -0.121. The average Bonchev–Trinajstić information content (AvgIpc) is 3.94. The van der Waals surface area contributed by atoms with Gasteiger partial charge in [0.1, 0.15) is 11.5 Å². The fraction of sp³-hybridized carbons (Fsp3) is 0.429. The Morgan fingerprint density at radius 2 is 1.86 bits per heavy atom. The molecular formula is C35H39F2N7O5. The third-order valence-electron chi connectivity index (χ3n) is 9.98. The van der Waals surface area contributed by atoms with Gasteiger partial charge in [-0.3, -0.25) is 9.59 Å². The summed E-state index contributed by atoms with van der Waals surface area (Å²) in [5, 5.41) is 9.65. The van der Waals surface area contributed by atoms with E-state index < -0.39 is 40.4 Å². The van der Waals surface area contributed by atoms with Gasteiger partial charge in [-0.25, -0.2) is 4.98 Å². The molecule has 3 N–H and O–H groups in total. The van der Waals surface area contributed by atoms with Crippen LogP contribution in [0.5, 0.6) is 11.8 Å². The average molecular weight is 676 g/mol. The molecule has 1 unspecified atom stereocenters. The molecule has 7 rings (SSSR count). The molecule has 14 heteroatoms. The van der Waals surface area contributed by atoms with Gasteiger partial charge >= 0.3 is 0 Å². The first-order chi connectivity index (χ1) is 23.8. The number of carbonyl (C=O) groups is 2. The lowest BCUT2D eigenvalue weighted by Crippen LogP contribution is -2.46. The SMILES string of the molecule is C=CC(=O)Nc1cc(N2CCC(C3CNCCO3)CC2)ccc1Nc1cc2c(cn1)CN(c1c(F)c(OC)nc(OC)c1F)C(=O)C21CC1. The minimum absolute atomic E-state index is 0.108. The second kappa shape index (κ2) is 13.2. The Bertz CT molecular complexity index is 1760. The summed E-state index contributed by atoms with van der Waals surface area (Å²) < 4.78 is 46.8. The van der Waals surface area contributed by atoms with Crippen molar-refractivity contribution in [3.8, 4) is 11.8 Å². The van der Waals surface area contributed by atoms with E-state index in [0.29, 0.717) is 41.5 Å². The van der Waals surface area contributed by atoms with Gasteiger partial charge in [-0.15, -0.1) is 0 Å². The van der Waals surface area contributed by atoms with E-state index >= 15 is 8.78 Å². The molecule has 12 nitrogen and oxygen atoms in total. The van der Waals surface area contributed by atoms with Gasteiger partial charge < -0.3 is 40.0 Å². The zero-order valence-corrected chi connectivity index (χ0v) is 27.5. The number of piperidine rings is 1. The summed E-state index contributed by atoms with van der Waals surface area (Å²) in [7, 11) is 2.41.